The topological polar surface area (TPSA) is 79.4 Å². The highest BCUT2D eigenvalue weighted by molar-refractivity contribution is 7.92. The minimum atomic E-state index is -3.62. The van der Waals surface area contributed by atoms with Gasteiger partial charge in [0.25, 0.3) is 0 Å². The Morgan fingerprint density at radius 2 is 1.60 bits per heavy atom. The molecule has 0 saturated carbocycles. The summed E-state index contributed by atoms with van der Waals surface area (Å²) >= 11 is 0. The van der Waals surface area contributed by atoms with Gasteiger partial charge in [-0.3, -0.25) is 9.10 Å². The molecule has 0 radical (unpaired) electrons. The van der Waals surface area contributed by atoms with Crippen LogP contribution < -0.4 is 18.7 Å². The number of hydrogen-bond acceptors (Lipinski definition) is 6. The molecule has 0 N–H and O–H groups in total. The third kappa shape index (κ3) is 4.96. The van der Waals surface area contributed by atoms with Gasteiger partial charge in [0.15, 0.2) is 0 Å². The van der Waals surface area contributed by atoms with Crippen LogP contribution in [0.3, 0.4) is 0 Å². The maximum atomic E-state index is 12.9. The summed E-state index contributed by atoms with van der Waals surface area (Å²) in [5.41, 5.74) is 1.42. The monoisotopic (exact) mass is 433 g/mol. The van der Waals surface area contributed by atoms with E-state index >= 15 is 0 Å². The molecule has 0 unspecified atom stereocenters. The van der Waals surface area contributed by atoms with Crippen molar-refractivity contribution in [3.63, 3.8) is 0 Å². The van der Waals surface area contributed by atoms with Crippen LogP contribution in [0.4, 0.5) is 11.4 Å². The van der Waals surface area contributed by atoms with E-state index in [1.54, 1.807) is 36.3 Å². The first-order chi connectivity index (χ1) is 14.3. The molecule has 1 heterocycles. The number of methoxy groups -OCH3 is 2. The summed E-state index contributed by atoms with van der Waals surface area (Å²) in [4.78, 5) is 16.7. The minimum absolute atomic E-state index is 0.226. The van der Waals surface area contributed by atoms with E-state index < -0.39 is 10.0 Å². The van der Waals surface area contributed by atoms with E-state index in [2.05, 4.69) is 4.90 Å². The Hall–Kier alpha value is -2.94. The van der Waals surface area contributed by atoms with Crippen LogP contribution in [0.5, 0.6) is 11.5 Å². The zero-order chi connectivity index (χ0) is 21.7. The van der Waals surface area contributed by atoms with E-state index in [1.807, 2.05) is 24.3 Å². The van der Waals surface area contributed by atoms with Crippen LogP contribution in [-0.4, -0.2) is 72.4 Å². The molecule has 0 aliphatic carbocycles. The quantitative estimate of drug-likeness (QED) is 0.663. The predicted octanol–water partition coefficient (Wildman–Crippen LogP) is 1.82. The number of hydrogen-bond donors (Lipinski definition) is 0. The van der Waals surface area contributed by atoms with Crippen molar-refractivity contribution in [2.45, 2.75) is 0 Å². The Morgan fingerprint density at radius 3 is 2.17 bits per heavy atom. The van der Waals surface area contributed by atoms with Gasteiger partial charge in [0.05, 0.1) is 31.9 Å². The maximum Gasteiger partial charge on any atom is 0.243 e. The molecule has 30 heavy (non-hydrogen) atoms. The number of piperazine rings is 1. The molecule has 2 aromatic carbocycles. The Bertz CT molecular complexity index is 970. The van der Waals surface area contributed by atoms with Gasteiger partial charge in [0.1, 0.15) is 18.0 Å². The highest BCUT2D eigenvalue weighted by Crippen LogP contribution is 2.28. The number of nitrogens with zero attached hydrogens (tertiary/aromatic N) is 3. The van der Waals surface area contributed by atoms with Crippen LogP contribution in [0.25, 0.3) is 0 Å². The summed E-state index contributed by atoms with van der Waals surface area (Å²) in [6.45, 7) is 2.08. The SMILES string of the molecule is COc1ccc(N(CC(=O)N2CCN(c3ccccc3OC)CC2)S(C)(=O)=O)cc1. The standard InChI is InChI=1S/C21H27N3O5S/c1-28-18-10-8-17(9-11-18)24(30(3,26)27)16-21(25)23-14-12-22(13-15-23)19-6-4-5-7-20(19)29-2/h4-11H,12-16H2,1-3H3. The zero-order valence-electron chi connectivity index (χ0n) is 17.4. The number of amides is 1. The van der Waals surface area contributed by atoms with Crippen LogP contribution in [0.2, 0.25) is 0 Å². The lowest BCUT2D eigenvalue weighted by Crippen LogP contribution is -2.52. The second-order valence-electron chi connectivity index (χ2n) is 7.01. The minimum Gasteiger partial charge on any atom is -0.497 e. The van der Waals surface area contributed by atoms with E-state index in [0.717, 1.165) is 22.0 Å². The molecule has 1 amide bonds. The van der Waals surface area contributed by atoms with Gasteiger partial charge >= 0.3 is 0 Å². The van der Waals surface area contributed by atoms with Gasteiger partial charge in [-0.1, -0.05) is 12.1 Å². The summed E-state index contributed by atoms with van der Waals surface area (Å²) in [5, 5.41) is 0. The maximum absolute atomic E-state index is 12.9. The third-order valence-electron chi connectivity index (χ3n) is 5.10. The normalized spacial score (nSPS) is 14.4. The van der Waals surface area contributed by atoms with Crippen molar-refractivity contribution < 1.29 is 22.7 Å². The van der Waals surface area contributed by atoms with Crippen LogP contribution >= 0.6 is 0 Å². The van der Waals surface area contributed by atoms with Crippen molar-refractivity contribution in [2.24, 2.45) is 0 Å². The third-order valence-corrected chi connectivity index (χ3v) is 6.24. The highest BCUT2D eigenvalue weighted by atomic mass is 32.2. The number of sulfonamides is 1. The number of ether oxygens (including phenoxy) is 2. The van der Waals surface area contributed by atoms with Crippen molar-refractivity contribution in [3.05, 3.63) is 48.5 Å². The van der Waals surface area contributed by atoms with Gasteiger partial charge in [0.2, 0.25) is 15.9 Å². The zero-order valence-corrected chi connectivity index (χ0v) is 18.3. The van der Waals surface area contributed by atoms with E-state index in [-0.39, 0.29) is 12.5 Å². The number of benzene rings is 2. The van der Waals surface area contributed by atoms with Crippen LogP contribution in [-0.2, 0) is 14.8 Å². The van der Waals surface area contributed by atoms with Gasteiger partial charge in [-0.2, -0.15) is 0 Å². The van der Waals surface area contributed by atoms with E-state index in [4.69, 9.17) is 9.47 Å². The molecule has 1 saturated heterocycles. The van der Waals surface area contributed by atoms with Gasteiger partial charge in [-0.05, 0) is 36.4 Å². The fourth-order valence-corrected chi connectivity index (χ4v) is 4.31. The smallest absolute Gasteiger partial charge is 0.243 e. The number of carbonyl (C=O) groups excluding carboxylic acids is 1. The molecule has 0 spiro atoms. The first kappa shape index (κ1) is 21.8. The van der Waals surface area contributed by atoms with E-state index in [0.29, 0.717) is 37.6 Å². The summed E-state index contributed by atoms with van der Waals surface area (Å²) in [7, 11) is -0.440. The lowest BCUT2D eigenvalue weighted by molar-refractivity contribution is -0.129. The average Bonchev–Trinajstić information content (AvgIpc) is 2.76. The van der Waals surface area contributed by atoms with E-state index in [1.165, 1.54) is 7.11 Å². The Morgan fingerprint density at radius 1 is 0.967 bits per heavy atom. The fraction of sp³-hybridized carbons (Fsp3) is 0.381. The van der Waals surface area contributed by atoms with Gasteiger partial charge in [-0.15, -0.1) is 0 Å². The Kier molecular flexibility index (Phi) is 6.71. The molecule has 0 bridgehead atoms. The van der Waals surface area contributed by atoms with Gasteiger partial charge in [0, 0.05) is 26.2 Å². The van der Waals surface area contributed by atoms with Gasteiger partial charge in [-0.25, -0.2) is 8.42 Å². The molecule has 2 aromatic rings. The number of anilines is 2. The lowest BCUT2D eigenvalue weighted by atomic mass is 10.2. The molecule has 9 heteroatoms. The Balaban J connectivity index is 1.67. The second-order valence-corrected chi connectivity index (χ2v) is 8.91. The van der Waals surface area contributed by atoms with Crippen molar-refractivity contribution in [2.75, 3.05) is 62.4 Å². The van der Waals surface area contributed by atoms with Crippen molar-refractivity contribution in [3.8, 4) is 11.5 Å². The molecular weight excluding hydrogens is 406 g/mol. The summed E-state index contributed by atoms with van der Waals surface area (Å²) < 4.78 is 36.3. The number of para-hydroxylation sites is 2. The van der Waals surface area contributed by atoms with Crippen molar-refractivity contribution in [1.82, 2.24) is 4.90 Å². The molecule has 0 aromatic heterocycles. The fourth-order valence-electron chi connectivity index (χ4n) is 3.46. The largest absolute Gasteiger partial charge is 0.497 e. The summed E-state index contributed by atoms with van der Waals surface area (Å²) in [5.74, 6) is 1.18. The average molecular weight is 434 g/mol. The molecule has 162 valence electrons. The lowest BCUT2D eigenvalue weighted by Gasteiger charge is -2.37. The number of carbonyl (C=O) groups is 1. The first-order valence-electron chi connectivity index (χ1n) is 9.61. The van der Waals surface area contributed by atoms with Crippen LogP contribution in [0, 0.1) is 0 Å². The number of rotatable bonds is 7. The van der Waals surface area contributed by atoms with Crippen molar-refractivity contribution in [1.29, 1.82) is 0 Å². The second kappa shape index (κ2) is 9.25. The highest BCUT2D eigenvalue weighted by Gasteiger charge is 2.27. The molecule has 3 rings (SSSR count). The molecule has 8 nitrogen and oxygen atoms in total. The summed E-state index contributed by atoms with van der Waals surface area (Å²) in [6.07, 6.45) is 1.10. The predicted molar refractivity (Wildman–Crippen MR) is 117 cm³/mol. The Labute approximate surface area is 177 Å². The van der Waals surface area contributed by atoms with Crippen LogP contribution in [0.15, 0.2) is 48.5 Å². The molecular formula is C21H27N3O5S. The van der Waals surface area contributed by atoms with Crippen LogP contribution in [0.1, 0.15) is 0 Å². The van der Waals surface area contributed by atoms with E-state index in [9.17, 15) is 13.2 Å². The molecule has 0 atom stereocenters. The van der Waals surface area contributed by atoms with Gasteiger partial charge < -0.3 is 19.3 Å². The van der Waals surface area contributed by atoms with Crippen molar-refractivity contribution >= 4 is 27.3 Å². The first-order valence-corrected chi connectivity index (χ1v) is 11.5. The molecule has 1 aliphatic heterocycles. The molecule has 1 aliphatic rings. The summed E-state index contributed by atoms with van der Waals surface area (Å²) in [6, 6.07) is 14.4. The molecule has 1 fully saturated rings.